The molecule has 1 unspecified atom stereocenters. The minimum absolute atomic E-state index is 0.188. The van der Waals surface area contributed by atoms with Crippen molar-refractivity contribution in [3.63, 3.8) is 0 Å². The predicted molar refractivity (Wildman–Crippen MR) is 112 cm³/mol. The summed E-state index contributed by atoms with van der Waals surface area (Å²) in [6, 6.07) is 5.17. The fourth-order valence-corrected chi connectivity index (χ4v) is 4.72. The number of carbonyl (C=O) groups is 1. The second kappa shape index (κ2) is 8.91. The Bertz CT molecular complexity index is 1130. The first-order valence-corrected chi connectivity index (χ1v) is 11.5. The largest absolute Gasteiger partial charge is 0.760 e. The quantitative estimate of drug-likeness (QED) is 0.559. The zero-order valence-corrected chi connectivity index (χ0v) is 18.5. The number of benzene rings is 1. The van der Waals surface area contributed by atoms with Crippen LogP contribution in [0.5, 0.6) is 0 Å². The van der Waals surface area contributed by atoms with Gasteiger partial charge < -0.3 is 14.0 Å². The van der Waals surface area contributed by atoms with Crippen molar-refractivity contribution in [2.24, 2.45) is 0 Å². The van der Waals surface area contributed by atoms with E-state index < -0.39 is 17.1 Å². The summed E-state index contributed by atoms with van der Waals surface area (Å²) >= 11 is -1.12. The molecule has 0 fully saturated rings. The van der Waals surface area contributed by atoms with Crippen molar-refractivity contribution in [2.45, 2.75) is 32.9 Å². The number of imidazole rings is 1. The van der Waals surface area contributed by atoms with Crippen LogP contribution in [0.15, 0.2) is 24.3 Å². The van der Waals surface area contributed by atoms with Crippen LogP contribution in [0.25, 0.3) is 10.8 Å². The Kier molecular flexibility index (Phi) is 6.23. The number of hydrogen-bond acceptors (Lipinski definition) is 7. The first-order chi connectivity index (χ1) is 14.8. The zero-order valence-electron chi connectivity index (χ0n) is 16.9. The maximum absolute atomic E-state index is 13.3. The van der Waals surface area contributed by atoms with Crippen molar-refractivity contribution < 1.29 is 17.9 Å². The molecule has 9 nitrogen and oxygen atoms in total. The van der Waals surface area contributed by atoms with Crippen molar-refractivity contribution in [3.8, 4) is 10.8 Å². The first-order valence-electron chi connectivity index (χ1n) is 9.64. The summed E-state index contributed by atoms with van der Waals surface area (Å²) in [5, 5.41) is 0.677. The van der Waals surface area contributed by atoms with Gasteiger partial charge in [0.25, 0.3) is 5.91 Å². The van der Waals surface area contributed by atoms with Gasteiger partial charge in [0.15, 0.2) is 10.8 Å². The molecule has 0 aliphatic carbocycles. The fourth-order valence-electron chi connectivity index (χ4n) is 3.78. The summed E-state index contributed by atoms with van der Waals surface area (Å²) in [4.78, 5) is 24.0. The van der Waals surface area contributed by atoms with Gasteiger partial charge in [-0.05, 0) is 49.6 Å². The normalized spacial score (nSPS) is 16.9. The molecule has 1 aliphatic rings. The van der Waals surface area contributed by atoms with E-state index in [1.165, 1.54) is 35.8 Å². The third-order valence-corrected chi connectivity index (χ3v) is 6.41. The highest BCUT2D eigenvalue weighted by Crippen LogP contribution is 2.34. The number of aryl methyl sites for hydroxylation is 1. The van der Waals surface area contributed by atoms with Gasteiger partial charge in [-0.25, -0.2) is 19.1 Å². The third kappa shape index (κ3) is 4.42. The van der Waals surface area contributed by atoms with Crippen LogP contribution in [-0.2, 0) is 24.2 Å². The Labute approximate surface area is 184 Å². The first kappa shape index (κ1) is 21.7. The average Bonchev–Trinajstić information content (AvgIpc) is 3.32. The smallest absolute Gasteiger partial charge is 0.254 e. The number of fused-ring (bicyclic) bond motifs is 1. The number of rotatable bonds is 6. The summed E-state index contributed by atoms with van der Waals surface area (Å²) in [6.45, 7) is 4.86. The van der Waals surface area contributed by atoms with Gasteiger partial charge in [-0.2, -0.15) is 4.37 Å². The highest BCUT2D eigenvalue weighted by Gasteiger charge is 2.34. The SMILES string of the molecule is Cc1nsc(-c2nc(CCNS(=O)[O-])c3n2CCN(C(=O)c2ccc(F)cc2)[C@@H]3C)n1. The van der Waals surface area contributed by atoms with E-state index in [-0.39, 0.29) is 18.5 Å². The lowest BCUT2D eigenvalue weighted by molar-refractivity contribution is 0.0643. The Hall–Kier alpha value is -2.54. The van der Waals surface area contributed by atoms with Gasteiger partial charge in [0, 0.05) is 42.9 Å². The summed E-state index contributed by atoms with van der Waals surface area (Å²) in [5.74, 6) is 0.723. The highest BCUT2D eigenvalue weighted by atomic mass is 32.2. The molecule has 0 radical (unpaired) electrons. The summed E-state index contributed by atoms with van der Waals surface area (Å²) in [5.41, 5.74) is 1.94. The van der Waals surface area contributed by atoms with E-state index in [9.17, 15) is 17.9 Å². The molecule has 12 heteroatoms. The van der Waals surface area contributed by atoms with E-state index in [0.29, 0.717) is 47.4 Å². The number of hydrogen-bond donors (Lipinski definition) is 1. The van der Waals surface area contributed by atoms with Gasteiger partial charge in [-0.1, -0.05) is 0 Å². The van der Waals surface area contributed by atoms with Gasteiger partial charge in [0.2, 0.25) is 0 Å². The Morgan fingerprint density at radius 3 is 2.71 bits per heavy atom. The van der Waals surface area contributed by atoms with Crippen molar-refractivity contribution in [1.82, 2.24) is 28.5 Å². The molecule has 2 atom stereocenters. The molecule has 3 aromatic rings. The van der Waals surface area contributed by atoms with Crippen LogP contribution in [0.2, 0.25) is 0 Å². The standard InChI is InChI=1S/C19H21FN6O3S2/c1-11-16-15(7-8-21-31(28)29)23-17(18-22-12(2)24-30-18)26(16)10-9-25(11)19(27)13-3-5-14(20)6-4-13/h3-6,11,21H,7-10H2,1-2H3,(H,28,29)/p-1/t11-/m1/s1. The Balaban J connectivity index is 1.69. The van der Waals surface area contributed by atoms with E-state index in [1.54, 1.807) is 11.8 Å². The molecule has 3 heterocycles. The van der Waals surface area contributed by atoms with E-state index in [1.807, 2.05) is 11.5 Å². The lowest BCUT2D eigenvalue weighted by Gasteiger charge is -2.35. The van der Waals surface area contributed by atoms with Crippen molar-refractivity contribution in [3.05, 3.63) is 52.9 Å². The zero-order chi connectivity index (χ0) is 22.1. The van der Waals surface area contributed by atoms with Crippen LogP contribution in [0.1, 0.15) is 40.5 Å². The molecule has 0 saturated heterocycles. The van der Waals surface area contributed by atoms with Crippen molar-refractivity contribution in [1.29, 1.82) is 0 Å². The van der Waals surface area contributed by atoms with E-state index in [4.69, 9.17) is 4.98 Å². The summed E-state index contributed by atoms with van der Waals surface area (Å²) < 4.78 is 43.6. The van der Waals surface area contributed by atoms with E-state index in [2.05, 4.69) is 14.1 Å². The molecule has 31 heavy (non-hydrogen) atoms. The molecule has 1 aliphatic heterocycles. The lowest BCUT2D eigenvalue weighted by atomic mass is 10.1. The number of carbonyl (C=O) groups excluding carboxylic acids is 1. The van der Waals surface area contributed by atoms with Crippen LogP contribution < -0.4 is 4.72 Å². The summed E-state index contributed by atoms with van der Waals surface area (Å²) in [7, 11) is 0. The van der Waals surface area contributed by atoms with Gasteiger partial charge in [0.05, 0.1) is 17.4 Å². The van der Waals surface area contributed by atoms with Gasteiger partial charge in [0.1, 0.15) is 11.6 Å². The van der Waals surface area contributed by atoms with E-state index in [0.717, 1.165) is 5.69 Å². The Morgan fingerprint density at radius 1 is 1.32 bits per heavy atom. The molecular formula is C19H20FN6O3S2-. The van der Waals surface area contributed by atoms with Crippen LogP contribution in [0, 0.1) is 12.7 Å². The van der Waals surface area contributed by atoms with Gasteiger partial charge >= 0.3 is 0 Å². The maximum Gasteiger partial charge on any atom is 0.254 e. The number of halogens is 1. The second-order valence-corrected chi connectivity index (χ2v) is 8.64. The van der Waals surface area contributed by atoms with E-state index >= 15 is 0 Å². The molecular weight excluding hydrogens is 443 g/mol. The number of amides is 1. The second-order valence-electron chi connectivity index (χ2n) is 7.13. The highest BCUT2D eigenvalue weighted by molar-refractivity contribution is 7.77. The summed E-state index contributed by atoms with van der Waals surface area (Å²) in [6.07, 6.45) is 0.365. The topological polar surface area (TPSA) is 116 Å². The molecule has 1 N–H and O–H groups in total. The maximum atomic E-state index is 13.3. The lowest BCUT2D eigenvalue weighted by Crippen LogP contribution is -2.41. The molecule has 0 saturated carbocycles. The molecule has 0 spiro atoms. The van der Waals surface area contributed by atoms with Crippen molar-refractivity contribution in [2.75, 3.05) is 13.1 Å². The van der Waals surface area contributed by atoms with Gasteiger partial charge in [-0.3, -0.25) is 9.00 Å². The van der Waals surface area contributed by atoms with Crippen molar-refractivity contribution >= 4 is 28.7 Å². The molecule has 1 aromatic carbocycles. The fraction of sp³-hybridized carbons (Fsp3) is 0.368. The molecule has 4 rings (SSSR count). The van der Waals surface area contributed by atoms with Gasteiger partial charge in [-0.15, -0.1) is 0 Å². The monoisotopic (exact) mass is 463 g/mol. The van der Waals surface area contributed by atoms with Crippen LogP contribution in [0.3, 0.4) is 0 Å². The van der Waals surface area contributed by atoms with Crippen LogP contribution in [0.4, 0.5) is 4.39 Å². The minimum Gasteiger partial charge on any atom is -0.760 e. The predicted octanol–water partition coefficient (Wildman–Crippen LogP) is 1.99. The third-order valence-electron chi connectivity index (χ3n) is 5.16. The van der Waals surface area contributed by atoms with Crippen LogP contribution in [-0.4, -0.2) is 51.6 Å². The minimum atomic E-state index is -2.37. The number of nitrogens with zero attached hydrogens (tertiary/aromatic N) is 5. The number of nitrogens with one attached hydrogen (secondary N) is 1. The Morgan fingerprint density at radius 2 is 2.06 bits per heavy atom. The number of aromatic nitrogens is 4. The molecule has 0 bridgehead atoms. The van der Waals surface area contributed by atoms with Crippen LogP contribution >= 0.6 is 11.5 Å². The average molecular weight is 464 g/mol. The molecule has 1 amide bonds. The molecule has 2 aromatic heterocycles. The molecule has 164 valence electrons.